The minimum Gasteiger partial charge on any atom is -0.497 e. The number of ether oxygens (including phenoxy) is 1. The van der Waals surface area contributed by atoms with Crippen LogP contribution in [0.2, 0.25) is 0 Å². The third kappa shape index (κ3) is 11.3. The van der Waals surface area contributed by atoms with Crippen molar-refractivity contribution < 1.29 is 20.2 Å². The average molecular weight is 399 g/mol. The largest absolute Gasteiger partial charge is 0.497 e. The van der Waals surface area contributed by atoms with Gasteiger partial charge in [-0.2, -0.15) is 0 Å². The highest BCUT2D eigenvalue weighted by molar-refractivity contribution is 5.92. The Morgan fingerprint density at radius 2 is 1.41 bits per heavy atom. The van der Waals surface area contributed by atoms with E-state index in [1.807, 2.05) is 60.7 Å². The lowest BCUT2D eigenvalue weighted by Gasteiger charge is -2.01. The molecule has 3 rings (SSSR count). The molecule has 8 N–H and O–H groups in total. The van der Waals surface area contributed by atoms with Gasteiger partial charge in [-0.05, 0) is 35.4 Å². The summed E-state index contributed by atoms with van der Waals surface area (Å²) in [5, 5.41) is 8.36. The Morgan fingerprint density at radius 1 is 0.897 bits per heavy atom. The predicted octanol–water partition coefficient (Wildman–Crippen LogP) is 2.28. The van der Waals surface area contributed by atoms with Crippen molar-refractivity contribution in [2.75, 3.05) is 7.11 Å². The summed E-state index contributed by atoms with van der Waals surface area (Å²) in [5.41, 5.74) is 15.2. The van der Waals surface area contributed by atoms with Crippen LogP contribution in [0.1, 0.15) is 21.5 Å². The fourth-order valence-corrected chi connectivity index (χ4v) is 2.05. The molecule has 7 heteroatoms. The van der Waals surface area contributed by atoms with Crippen LogP contribution in [0.25, 0.3) is 0 Å². The molecule has 0 atom stereocenters. The molecule has 0 fully saturated rings. The summed E-state index contributed by atoms with van der Waals surface area (Å²) in [6.07, 6.45) is 0. The molecule has 3 aromatic carbocycles. The van der Waals surface area contributed by atoms with Gasteiger partial charge in [0.1, 0.15) is 5.75 Å². The van der Waals surface area contributed by atoms with Crippen molar-refractivity contribution in [2.45, 2.75) is 13.1 Å². The van der Waals surface area contributed by atoms with Crippen molar-refractivity contribution >= 4 is 5.91 Å². The summed E-state index contributed by atoms with van der Waals surface area (Å²) < 4.78 is 4.96. The molecule has 156 valence electrons. The number of hydroxylamine groups is 1. The van der Waals surface area contributed by atoms with Crippen LogP contribution in [0.4, 0.5) is 0 Å². The third-order valence-electron chi connectivity index (χ3n) is 3.58. The van der Waals surface area contributed by atoms with Gasteiger partial charge in [0.05, 0.1) is 7.11 Å². The highest BCUT2D eigenvalue weighted by atomic mass is 16.5. The van der Waals surface area contributed by atoms with Gasteiger partial charge in [0.25, 0.3) is 0 Å². The fourth-order valence-electron chi connectivity index (χ4n) is 2.05. The van der Waals surface area contributed by atoms with Crippen LogP contribution in [-0.2, 0) is 13.1 Å². The summed E-state index contributed by atoms with van der Waals surface area (Å²) in [5.74, 6) is 0.447. The number of rotatable bonds is 5. The molecule has 0 bridgehead atoms. The molecular formula is C22H29N3O4. The van der Waals surface area contributed by atoms with Crippen molar-refractivity contribution in [2.24, 2.45) is 11.5 Å². The summed E-state index contributed by atoms with van der Waals surface area (Å²) in [7, 11) is 1.62. The highest BCUT2D eigenvalue weighted by Gasteiger charge is 1.94. The van der Waals surface area contributed by atoms with Gasteiger partial charge in [0, 0.05) is 18.7 Å². The summed E-state index contributed by atoms with van der Waals surface area (Å²) in [6.45, 7) is 1.10. The van der Waals surface area contributed by atoms with Crippen molar-refractivity contribution in [3.05, 3.63) is 102 Å². The summed E-state index contributed by atoms with van der Waals surface area (Å²) in [4.78, 5) is 10.4. The Labute approximate surface area is 171 Å². The minimum atomic E-state index is -0.379. The molecule has 0 aliphatic rings. The molecule has 0 aliphatic heterocycles. The maximum Gasteiger partial charge on any atom is 0.248 e. The van der Waals surface area contributed by atoms with Gasteiger partial charge in [0.2, 0.25) is 5.91 Å². The Kier molecular flexibility index (Phi) is 14.0. The smallest absolute Gasteiger partial charge is 0.248 e. The number of amides is 1. The SMILES string of the molecule is COc1ccc(CNO)cc1.NC(=O)c1ccccc1.NCc1ccccc1.O. The Hall–Kier alpha value is -3.23. The first-order valence-electron chi connectivity index (χ1n) is 8.69. The van der Waals surface area contributed by atoms with Gasteiger partial charge in [0.15, 0.2) is 0 Å². The lowest BCUT2D eigenvalue weighted by atomic mass is 10.2. The molecule has 1 amide bonds. The number of methoxy groups -OCH3 is 1. The Balaban J connectivity index is 0.000000404. The predicted molar refractivity (Wildman–Crippen MR) is 115 cm³/mol. The number of hydrogen-bond acceptors (Lipinski definition) is 5. The zero-order valence-corrected chi connectivity index (χ0v) is 16.4. The van der Waals surface area contributed by atoms with E-state index in [1.54, 1.807) is 31.4 Å². The van der Waals surface area contributed by atoms with Gasteiger partial charge < -0.3 is 26.9 Å². The normalized spacial score (nSPS) is 8.93. The van der Waals surface area contributed by atoms with Crippen LogP contribution in [0.5, 0.6) is 5.75 Å². The number of hydrogen-bond donors (Lipinski definition) is 4. The van der Waals surface area contributed by atoms with E-state index in [-0.39, 0.29) is 11.4 Å². The van der Waals surface area contributed by atoms with E-state index in [2.05, 4.69) is 5.48 Å². The highest BCUT2D eigenvalue weighted by Crippen LogP contribution is 2.10. The molecule has 29 heavy (non-hydrogen) atoms. The quantitative estimate of drug-likeness (QED) is 0.487. The van der Waals surface area contributed by atoms with E-state index < -0.39 is 0 Å². The zero-order valence-electron chi connectivity index (χ0n) is 16.4. The lowest BCUT2D eigenvalue weighted by molar-refractivity contribution is 0.1000. The first-order chi connectivity index (χ1) is 13.6. The zero-order chi connectivity index (χ0) is 20.6. The Morgan fingerprint density at radius 3 is 1.76 bits per heavy atom. The van der Waals surface area contributed by atoms with Crippen molar-refractivity contribution in [1.29, 1.82) is 0 Å². The van der Waals surface area contributed by atoms with Crippen molar-refractivity contribution in [1.82, 2.24) is 5.48 Å². The van der Waals surface area contributed by atoms with Gasteiger partial charge in [-0.25, -0.2) is 5.48 Å². The second kappa shape index (κ2) is 15.8. The molecule has 0 saturated carbocycles. The molecule has 0 spiro atoms. The molecule has 0 unspecified atom stereocenters. The molecule has 0 aromatic heterocycles. The average Bonchev–Trinajstić information content (AvgIpc) is 2.76. The monoisotopic (exact) mass is 399 g/mol. The van der Waals surface area contributed by atoms with Crippen molar-refractivity contribution in [3.8, 4) is 5.75 Å². The summed E-state index contributed by atoms with van der Waals surface area (Å²) >= 11 is 0. The van der Waals surface area contributed by atoms with Crippen molar-refractivity contribution in [3.63, 3.8) is 0 Å². The van der Waals surface area contributed by atoms with Crippen LogP contribution in [0.3, 0.4) is 0 Å². The number of carbonyl (C=O) groups excluding carboxylic acids is 1. The standard InChI is InChI=1S/C8H11NO2.C7H7NO.C7H9N.H2O/c1-11-8-4-2-7(3-5-8)6-9-10;8-7(9)6-4-2-1-3-5-6;8-6-7-4-2-1-3-5-7;/h2-5,9-10H,6H2,1H3;1-5H,(H2,8,9);1-5H,6,8H2;1H2. The van der Waals surface area contributed by atoms with Crippen LogP contribution in [0.15, 0.2) is 84.9 Å². The number of nitrogens with one attached hydrogen (secondary N) is 1. The number of primary amides is 1. The molecule has 0 radical (unpaired) electrons. The van der Waals surface area contributed by atoms with Gasteiger partial charge in [-0.15, -0.1) is 0 Å². The maximum atomic E-state index is 10.4. The van der Waals surface area contributed by atoms with Gasteiger partial charge in [-0.1, -0.05) is 60.7 Å². The number of carbonyl (C=O) groups is 1. The topological polar surface area (TPSA) is 142 Å². The van der Waals surface area contributed by atoms with Crippen LogP contribution < -0.4 is 21.7 Å². The second-order valence-electron chi connectivity index (χ2n) is 5.60. The van der Waals surface area contributed by atoms with E-state index in [1.165, 1.54) is 5.56 Å². The molecule has 0 heterocycles. The summed E-state index contributed by atoms with van der Waals surface area (Å²) in [6, 6.07) is 26.2. The van der Waals surface area contributed by atoms with Crippen LogP contribution in [-0.4, -0.2) is 23.7 Å². The van der Waals surface area contributed by atoms with E-state index in [9.17, 15) is 4.79 Å². The van der Waals surface area contributed by atoms with E-state index >= 15 is 0 Å². The first-order valence-corrected chi connectivity index (χ1v) is 8.69. The van der Waals surface area contributed by atoms with Gasteiger partial charge >= 0.3 is 0 Å². The lowest BCUT2D eigenvalue weighted by Crippen LogP contribution is -2.09. The maximum absolute atomic E-state index is 10.4. The third-order valence-corrected chi connectivity index (χ3v) is 3.58. The minimum absolute atomic E-state index is 0. The van der Waals surface area contributed by atoms with E-state index in [0.29, 0.717) is 18.7 Å². The first kappa shape index (κ1) is 25.8. The molecule has 0 aliphatic carbocycles. The molecule has 3 aromatic rings. The molecular weight excluding hydrogens is 370 g/mol. The second-order valence-corrected chi connectivity index (χ2v) is 5.60. The number of benzene rings is 3. The molecule has 0 saturated heterocycles. The van der Waals surface area contributed by atoms with Crippen LogP contribution >= 0.6 is 0 Å². The number of nitrogens with two attached hydrogens (primary N) is 2. The Bertz CT molecular complexity index is 782. The fraction of sp³-hybridized carbons (Fsp3) is 0.136. The van der Waals surface area contributed by atoms with E-state index in [4.69, 9.17) is 21.4 Å². The van der Waals surface area contributed by atoms with Crippen LogP contribution in [0, 0.1) is 0 Å². The van der Waals surface area contributed by atoms with Gasteiger partial charge in [-0.3, -0.25) is 4.79 Å². The van der Waals surface area contributed by atoms with E-state index in [0.717, 1.165) is 11.3 Å². The molecule has 7 nitrogen and oxygen atoms in total.